The summed E-state index contributed by atoms with van der Waals surface area (Å²) in [5, 5.41) is -0.268. The molecule has 0 atom stereocenters. The highest BCUT2D eigenvalue weighted by Crippen LogP contribution is 2.42. The Morgan fingerprint density at radius 1 is 0.950 bits per heavy atom. The number of alkyl halides is 6. The maximum absolute atomic E-state index is 13.3. The number of likely N-dealkylation sites (tertiary alicyclic amines) is 1. The molecule has 0 radical (unpaired) electrons. The number of hydrogen-bond acceptors (Lipinski definition) is 5. The van der Waals surface area contributed by atoms with Gasteiger partial charge in [-0.15, -0.1) is 0 Å². The van der Waals surface area contributed by atoms with Crippen LogP contribution in [0.2, 0.25) is 5.02 Å². The van der Waals surface area contributed by atoms with Crippen molar-refractivity contribution < 1.29 is 45.4 Å². The number of ether oxygens (including phenoxy) is 2. The molecular formula is C26H28ClF6N3O4. The predicted molar refractivity (Wildman–Crippen MR) is 132 cm³/mol. The van der Waals surface area contributed by atoms with Gasteiger partial charge < -0.3 is 18.9 Å². The van der Waals surface area contributed by atoms with Crippen molar-refractivity contribution in [3.05, 3.63) is 57.9 Å². The van der Waals surface area contributed by atoms with Crippen molar-refractivity contribution in [2.24, 2.45) is 0 Å². The Morgan fingerprint density at radius 3 is 2.08 bits per heavy atom. The summed E-state index contributed by atoms with van der Waals surface area (Å²) in [5.41, 5.74) is 1.16. The Balaban J connectivity index is 1.49. The van der Waals surface area contributed by atoms with Gasteiger partial charge in [0, 0.05) is 54.9 Å². The third kappa shape index (κ3) is 6.48. The fourth-order valence-corrected chi connectivity index (χ4v) is 5.67. The molecule has 3 heterocycles. The van der Waals surface area contributed by atoms with Gasteiger partial charge in [-0.2, -0.15) is 26.3 Å². The van der Waals surface area contributed by atoms with Crippen LogP contribution in [0.5, 0.6) is 0 Å². The smallest absolute Gasteiger partial charge is 0.339 e. The van der Waals surface area contributed by atoms with E-state index in [1.54, 1.807) is 4.90 Å². The number of nitrogens with zero attached hydrogens (tertiary/aromatic N) is 3. The van der Waals surface area contributed by atoms with Gasteiger partial charge in [0.1, 0.15) is 13.2 Å². The quantitative estimate of drug-likeness (QED) is 0.238. The first-order chi connectivity index (χ1) is 18.6. The summed E-state index contributed by atoms with van der Waals surface area (Å²) < 4.78 is 87.1. The van der Waals surface area contributed by atoms with E-state index in [-0.39, 0.29) is 33.4 Å². The van der Waals surface area contributed by atoms with Gasteiger partial charge in [0.05, 0.1) is 11.2 Å². The molecular weight excluding hydrogens is 568 g/mol. The van der Waals surface area contributed by atoms with Crippen LogP contribution < -0.4 is 0 Å². The number of piperidine rings is 1. The summed E-state index contributed by atoms with van der Waals surface area (Å²) in [6.07, 6.45) is -10.5. The molecule has 1 aromatic heterocycles. The van der Waals surface area contributed by atoms with Gasteiger partial charge in [0.25, 0.3) is 5.91 Å². The minimum atomic E-state index is -4.81. The zero-order valence-electron chi connectivity index (χ0n) is 21.7. The summed E-state index contributed by atoms with van der Waals surface area (Å²) in [6, 6.07) is 7.36. The Kier molecular flexibility index (Phi) is 8.61. The molecule has 1 aromatic carbocycles. The van der Waals surface area contributed by atoms with Crippen molar-refractivity contribution in [1.29, 1.82) is 0 Å². The molecule has 0 unspecified atom stereocenters. The largest absolute Gasteiger partial charge is 0.411 e. The van der Waals surface area contributed by atoms with Gasteiger partial charge >= 0.3 is 12.4 Å². The zero-order valence-corrected chi connectivity index (χ0v) is 22.5. The Hall–Kier alpha value is -2.61. The molecule has 0 aliphatic carbocycles. The summed E-state index contributed by atoms with van der Waals surface area (Å²) in [6.45, 7) is 0.00852. The number of halogens is 7. The first kappa shape index (κ1) is 30.4. The molecule has 2 aliphatic heterocycles. The van der Waals surface area contributed by atoms with Crippen molar-refractivity contribution in [2.45, 2.75) is 50.5 Å². The molecule has 14 heteroatoms. The van der Waals surface area contributed by atoms with Crippen LogP contribution in [0.1, 0.15) is 58.2 Å². The van der Waals surface area contributed by atoms with Gasteiger partial charge in [0.2, 0.25) is 0 Å². The van der Waals surface area contributed by atoms with Gasteiger partial charge in [-0.3, -0.25) is 14.5 Å². The molecule has 4 rings (SSSR count). The average molecular weight is 596 g/mol. The van der Waals surface area contributed by atoms with E-state index in [0.717, 1.165) is 18.3 Å². The van der Waals surface area contributed by atoms with E-state index < -0.39 is 31.9 Å². The van der Waals surface area contributed by atoms with E-state index in [1.807, 2.05) is 23.7 Å². The third-order valence-corrected chi connectivity index (χ3v) is 7.71. The van der Waals surface area contributed by atoms with E-state index in [9.17, 15) is 35.9 Å². The van der Waals surface area contributed by atoms with Crippen molar-refractivity contribution >= 4 is 23.3 Å². The zero-order chi connectivity index (χ0) is 29.5. The first-order valence-electron chi connectivity index (χ1n) is 12.5. The van der Waals surface area contributed by atoms with E-state index in [1.165, 1.54) is 19.1 Å². The maximum atomic E-state index is 13.3. The number of hydrogen-bond donors (Lipinski definition) is 0. The highest BCUT2D eigenvalue weighted by atomic mass is 35.5. The number of ketones is 1. The molecule has 7 nitrogen and oxygen atoms in total. The van der Waals surface area contributed by atoms with Crippen LogP contribution >= 0.6 is 11.6 Å². The molecule has 220 valence electrons. The van der Waals surface area contributed by atoms with Crippen molar-refractivity contribution in [3.8, 4) is 0 Å². The third-order valence-electron chi connectivity index (χ3n) is 7.38. The molecule has 0 bridgehead atoms. The highest BCUT2D eigenvalue weighted by molar-refractivity contribution is 6.31. The molecule has 2 aliphatic rings. The molecule has 1 fully saturated rings. The van der Waals surface area contributed by atoms with Crippen LogP contribution in [0, 0.1) is 0 Å². The number of amides is 1. The molecule has 0 N–H and O–H groups in total. The lowest BCUT2D eigenvalue weighted by Gasteiger charge is -2.50. The monoisotopic (exact) mass is 595 g/mol. The van der Waals surface area contributed by atoms with Crippen molar-refractivity contribution in [1.82, 2.24) is 14.4 Å². The summed E-state index contributed by atoms with van der Waals surface area (Å²) in [5.74, 6) is -0.403. The number of likely N-dealkylation sites (N-methyl/N-ethyl adjacent to an activating group) is 1. The van der Waals surface area contributed by atoms with Crippen LogP contribution in [0.15, 0.2) is 30.3 Å². The Bertz CT molecular complexity index is 1240. The number of fused-ring (bicyclic) bond motifs is 2. The number of aromatic nitrogens is 1. The van der Waals surface area contributed by atoms with Crippen molar-refractivity contribution in [3.63, 3.8) is 0 Å². The summed E-state index contributed by atoms with van der Waals surface area (Å²) in [4.78, 5) is 29.2. The molecule has 1 amide bonds. The number of rotatable bonds is 7. The van der Waals surface area contributed by atoms with E-state index in [0.29, 0.717) is 38.2 Å². The molecule has 1 saturated heterocycles. The molecule has 0 saturated carbocycles. The minimum absolute atomic E-state index is 0.0197. The Morgan fingerprint density at radius 2 is 1.55 bits per heavy atom. The van der Waals surface area contributed by atoms with E-state index in [2.05, 4.69) is 14.4 Å². The molecule has 40 heavy (non-hydrogen) atoms. The maximum Gasteiger partial charge on any atom is 0.411 e. The number of carbonyl (C=O) groups excluding carboxylic acids is 2. The second-order valence-electron chi connectivity index (χ2n) is 9.98. The van der Waals surface area contributed by atoms with E-state index >= 15 is 0 Å². The van der Waals surface area contributed by atoms with Crippen LogP contribution in [-0.4, -0.2) is 78.3 Å². The van der Waals surface area contributed by atoms with Crippen LogP contribution in [-0.2, 0) is 21.6 Å². The minimum Gasteiger partial charge on any atom is -0.339 e. The van der Waals surface area contributed by atoms with Crippen LogP contribution in [0.3, 0.4) is 0 Å². The second kappa shape index (κ2) is 11.3. The van der Waals surface area contributed by atoms with Crippen LogP contribution in [0.4, 0.5) is 26.3 Å². The summed E-state index contributed by atoms with van der Waals surface area (Å²) in [7, 11) is 2.01. The first-order valence-corrected chi connectivity index (χ1v) is 12.9. The fourth-order valence-electron chi connectivity index (χ4n) is 5.40. The number of carbonyl (C=O) groups is 2. The average Bonchev–Trinajstić information content (AvgIpc) is 3.31. The SMILES string of the molecule is CC(=O)c1ccc2n1CCN(C)C21CCN(C(=O)c2ccc(C(OCC(F)(F)F)OCC(F)(F)F)c(Cl)c2)CC1. The van der Waals surface area contributed by atoms with Crippen molar-refractivity contribution in [2.75, 3.05) is 39.9 Å². The summed E-state index contributed by atoms with van der Waals surface area (Å²) >= 11 is 6.20. The molecule has 2 aromatic rings. The number of Topliss-reactive ketones (excluding diaryl/α,β-unsaturated/α-hetero) is 1. The lowest BCUT2D eigenvalue weighted by molar-refractivity contribution is -0.262. The second-order valence-corrected chi connectivity index (χ2v) is 10.4. The van der Waals surface area contributed by atoms with Gasteiger partial charge in [-0.1, -0.05) is 17.7 Å². The predicted octanol–water partition coefficient (Wildman–Crippen LogP) is 5.58. The fraction of sp³-hybridized carbons (Fsp3) is 0.538. The lowest BCUT2D eigenvalue weighted by atomic mass is 9.81. The normalized spacial score (nSPS) is 17.9. The molecule has 1 spiro atoms. The van der Waals surface area contributed by atoms with Gasteiger partial charge in [0.15, 0.2) is 12.1 Å². The van der Waals surface area contributed by atoms with Crippen LogP contribution in [0.25, 0.3) is 0 Å². The standard InChI is InChI=1S/C26H28ClF6N3O4/c1-16(37)20-5-6-21-24(34(2)11-12-36(20)21)7-9-35(10-8-24)22(38)17-3-4-18(19(27)13-17)23(39-14-25(28,29)30)40-15-26(31,32)33/h3-6,13,23H,7-12,14-15H2,1-2H3. The van der Waals surface area contributed by atoms with Gasteiger partial charge in [-0.05, 0) is 44.2 Å². The topological polar surface area (TPSA) is 64.0 Å². The van der Waals surface area contributed by atoms with Gasteiger partial charge in [-0.25, -0.2) is 0 Å². The Labute approximate surface area is 231 Å². The highest BCUT2D eigenvalue weighted by Gasteiger charge is 2.45. The lowest BCUT2D eigenvalue weighted by Crippen LogP contribution is -2.56. The number of benzene rings is 1. The van der Waals surface area contributed by atoms with E-state index in [4.69, 9.17) is 11.6 Å².